The van der Waals surface area contributed by atoms with Gasteiger partial charge in [-0.2, -0.15) is 5.48 Å². The first-order chi connectivity index (χ1) is 5.02. The van der Waals surface area contributed by atoms with Crippen LogP contribution in [0.1, 0.15) is 13.8 Å². The van der Waals surface area contributed by atoms with Crippen LogP contribution in [0.2, 0.25) is 0 Å². The first kappa shape index (κ1) is 10.2. The zero-order chi connectivity index (χ0) is 8.91. The number of methoxy groups -OCH3 is 1. The fourth-order valence-corrected chi connectivity index (χ4v) is 0.405. The highest BCUT2D eigenvalue weighted by molar-refractivity contribution is 5.66. The summed E-state index contributed by atoms with van der Waals surface area (Å²) >= 11 is 0. The highest BCUT2D eigenvalue weighted by Crippen LogP contribution is 1.96. The van der Waals surface area contributed by atoms with Crippen molar-refractivity contribution in [1.29, 1.82) is 0 Å². The summed E-state index contributed by atoms with van der Waals surface area (Å²) in [7, 11) is 1.29. The van der Waals surface area contributed by atoms with Gasteiger partial charge in [0.15, 0.2) is 0 Å². The molecule has 0 aliphatic heterocycles. The van der Waals surface area contributed by atoms with Gasteiger partial charge in [0.1, 0.15) is 0 Å². The Hall–Kier alpha value is -0.810. The second-order valence-electron chi connectivity index (χ2n) is 2.84. The first-order valence-corrected chi connectivity index (χ1v) is 3.25. The molecule has 66 valence electrons. The molecule has 0 rings (SSSR count). The molecule has 0 aliphatic rings. The van der Waals surface area contributed by atoms with Gasteiger partial charge in [-0.1, -0.05) is 0 Å². The predicted octanol–water partition coefficient (Wildman–Crippen LogP) is 0.0998. The van der Waals surface area contributed by atoms with Gasteiger partial charge < -0.3 is 15.3 Å². The molecule has 11 heavy (non-hydrogen) atoms. The number of amides is 1. The fourth-order valence-electron chi connectivity index (χ4n) is 0.405. The number of carbonyl (C=O) groups is 1. The number of ether oxygens (including phenoxy) is 1. The van der Waals surface area contributed by atoms with Crippen LogP contribution in [-0.4, -0.2) is 30.5 Å². The van der Waals surface area contributed by atoms with Crippen molar-refractivity contribution < 1.29 is 14.7 Å². The van der Waals surface area contributed by atoms with Crippen molar-refractivity contribution in [2.24, 2.45) is 0 Å². The molecule has 0 spiro atoms. The minimum Gasteiger partial charge on any atom is -0.453 e. The molecular formula is C6H14N2O3. The van der Waals surface area contributed by atoms with E-state index in [9.17, 15) is 4.79 Å². The molecule has 0 fully saturated rings. The van der Waals surface area contributed by atoms with Gasteiger partial charge in [-0.15, -0.1) is 0 Å². The molecule has 5 nitrogen and oxygen atoms in total. The SMILES string of the molecule is COC(=O)NCC(C)(C)NO. The van der Waals surface area contributed by atoms with Crippen LogP contribution in [0.15, 0.2) is 0 Å². The maximum absolute atomic E-state index is 10.5. The molecule has 0 bridgehead atoms. The Morgan fingerprint density at radius 2 is 2.18 bits per heavy atom. The van der Waals surface area contributed by atoms with Crippen LogP contribution in [0.3, 0.4) is 0 Å². The Morgan fingerprint density at radius 3 is 2.55 bits per heavy atom. The largest absolute Gasteiger partial charge is 0.453 e. The number of hydrogen-bond donors (Lipinski definition) is 3. The lowest BCUT2D eigenvalue weighted by Gasteiger charge is -2.21. The van der Waals surface area contributed by atoms with Gasteiger partial charge >= 0.3 is 6.09 Å². The second kappa shape index (κ2) is 4.15. The van der Waals surface area contributed by atoms with Crippen molar-refractivity contribution in [2.75, 3.05) is 13.7 Å². The van der Waals surface area contributed by atoms with E-state index in [-0.39, 0.29) is 0 Å². The highest BCUT2D eigenvalue weighted by Gasteiger charge is 2.16. The molecule has 0 saturated carbocycles. The van der Waals surface area contributed by atoms with Gasteiger partial charge in [-0.05, 0) is 13.8 Å². The summed E-state index contributed by atoms with van der Waals surface area (Å²) in [4.78, 5) is 10.5. The molecule has 0 atom stereocenters. The van der Waals surface area contributed by atoms with Crippen LogP contribution in [0.5, 0.6) is 0 Å². The van der Waals surface area contributed by atoms with Gasteiger partial charge in [0.2, 0.25) is 0 Å². The summed E-state index contributed by atoms with van der Waals surface area (Å²) in [5.41, 5.74) is 1.52. The third kappa shape index (κ3) is 4.58. The molecule has 5 heteroatoms. The monoisotopic (exact) mass is 162 g/mol. The molecule has 0 aromatic rings. The highest BCUT2D eigenvalue weighted by atomic mass is 16.5. The zero-order valence-corrected chi connectivity index (χ0v) is 6.97. The number of carbonyl (C=O) groups excluding carboxylic acids is 1. The summed E-state index contributed by atoms with van der Waals surface area (Å²) < 4.78 is 4.33. The Bertz CT molecular complexity index is 136. The number of alkyl carbamates (subject to hydrolysis) is 1. The maximum atomic E-state index is 10.5. The van der Waals surface area contributed by atoms with E-state index in [1.165, 1.54) is 7.11 Å². The van der Waals surface area contributed by atoms with E-state index in [2.05, 4.69) is 15.5 Å². The van der Waals surface area contributed by atoms with Crippen LogP contribution in [0.25, 0.3) is 0 Å². The summed E-state index contributed by atoms with van der Waals surface area (Å²) in [6, 6.07) is 0. The van der Waals surface area contributed by atoms with Crippen LogP contribution < -0.4 is 10.8 Å². The molecule has 0 aliphatic carbocycles. The molecule has 1 amide bonds. The summed E-state index contributed by atoms with van der Waals surface area (Å²) in [5, 5.41) is 11.0. The lowest BCUT2D eigenvalue weighted by atomic mass is 10.1. The minimum atomic E-state index is -0.534. The van der Waals surface area contributed by atoms with E-state index < -0.39 is 11.6 Å². The van der Waals surface area contributed by atoms with Crippen molar-refractivity contribution in [3.63, 3.8) is 0 Å². The van der Waals surface area contributed by atoms with Crippen molar-refractivity contribution in [2.45, 2.75) is 19.4 Å². The molecule has 3 N–H and O–H groups in total. The van der Waals surface area contributed by atoms with Crippen molar-refractivity contribution in [3.8, 4) is 0 Å². The van der Waals surface area contributed by atoms with Crippen LogP contribution in [0.4, 0.5) is 4.79 Å². The Morgan fingerprint density at radius 1 is 1.64 bits per heavy atom. The molecule has 0 unspecified atom stereocenters. The van der Waals surface area contributed by atoms with Gasteiger partial charge in [0.25, 0.3) is 0 Å². The van der Waals surface area contributed by atoms with Crippen LogP contribution in [0, 0.1) is 0 Å². The second-order valence-corrected chi connectivity index (χ2v) is 2.84. The van der Waals surface area contributed by atoms with Crippen molar-refractivity contribution in [1.82, 2.24) is 10.8 Å². The van der Waals surface area contributed by atoms with Gasteiger partial charge in [0, 0.05) is 6.54 Å². The number of hydrogen-bond acceptors (Lipinski definition) is 4. The zero-order valence-electron chi connectivity index (χ0n) is 6.97. The van der Waals surface area contributed by atoms with E-state index >= 15 is 0 Å². The van der Waals surface area contributed by atoms with E-state index in [1.54, 1.807) is 13.8 Å². The number of rotatable bonds is 3. The van der Waals surface area contributed by atoms with E-state index in [4.69, 9.17) is 5.21 Å². The number of nitrogens with one attached hydrogen (secondary N) is 2. The third-order valence-corrected chi connectivity index (χ3v) is 1.16. The molecule has 0 aromatic carbocycles. The quantitative estimate of drug-likeness (QED) is 0.515. The lowest BCUT2D eigenvalue weighted by molar-refractivity contribution is 0.0796. The summed E-state index contributed by atoms with van der Waals surface area (Å²) in [6.07, 6.45) is -0.506. The topological polar surface area (TPSA) is 70.6 Å². The average molecular weight is 162 g/mol. The Balaban J connectivity index is 3.61. The van der Waals surface area contributed by atoms with Crippen molar-refractivity contribution >= 4 is 6.09 Å². The molecule has 0 radical (unpaired) electrons. The fraction of sp³-hybridized carbons (Fsp3) is 0.833. The molecular weight excluding hydrogens is 148 g/mol. The molecule has 0 aromatic heterocycles. The smallest absolute Gasteiger partial charge is 0.406 e. The summed E-state index contributed by atoms with van der Waals surface area (Å²) in [6.45, 7) is 3.78. The van der Waals surface area contributed by atoms with E-state index in [1.807, 2.05) is 0 Å². The molecule has 0 heterocycles. The number of hydroxylamine groups is 1. The maximum Gasteiger partial charge on any atom is 0.406 e. The van der Waals surface area contributed by atoms with Gasteiger partial charge in [0.05, 0.1) is 12.6 Å². The standard InChI is InChI=1S/C6H14N2O3/c1-6(2,8-10)4-7-5(9)11-3/h8,10H,4H2,1-3H3,(H,7,9). The Kier molecular flexibility index (Phi) is 3.84. The third-order valence-electron chi connectivity index (χ3n) is 1.16. The summed E-state index contributed by atoms with van der Waals surface area (Å²) in [5.74, 6) is 0. The van der Waals surface area contributed by atoms with Gasteiger partial charge in [-0.3, -0.25) is 0 Å². The van der Waals surface area contributed by atoms with Crippen molar-refractivity contribution in [3.05, 3.63) is 0 Å². The van der Waals surface area contributed by atoms with Crippen LogP contribution >= 0.6 is 0 Å². The first-order valence-electron chi connectivity index (χ1n) is 3.25. The normalized spacial score (nSPS) is 10.9. The van der Waals surface area contributed by atoms with E-state index in [0.29, 0.717) is 6.54 Å². The van der Waals surface area contributed by atoms with Gasteiger partial charge in [-0.25, -0.2) is 4.79 Å². The lowest BCUT2D eigenvalue weighted by Crippen LogP contribution is -2.47. The average Bonchev–Trinajstić information content (AvgIpc) is 2.00. The molecule has 0 saturated heterocycles. The van der Waals surface area contributed by atoms with Crippen LogP contribution in [-0.2, 0) is 4.74 Å². The minimum absolute atomic E-state index is 0.302. The predicted molar refractivity (Wildman–Crippen MR) is 39.4 cm³/mol. The Labute approximate surface area is 65.7 Å². The van der Waals surface area contributed by atoms with E-state index in [0.717, 1.165) is 0 Å².